The lowest BCUT2D eigenvalue weighted by molar-refractivity contribution is 0.247. The van der Waals surface area contributed by atoms with Crippen LogP contribution in [-0.2, 0) is 0 Å². The summed E-state index contributed by atoms with van der Waals surface area (Å²) in [4.78, 5) is 8.13. The predicted molar refractivity (Wildman–Crippen MR) is 127 cm³/mol. The molecule has 3 nitrogen and oxygen atoms in total. The topological polar surface area (TPSA) is 9.72 Å². The van der Waals surface area contributed by atoms with Gasteiger partial charge in [0.1, 0.15) is 0 Å². The lowest BCUT2D eigenvalue weighted by Gasteiger charge is -2.39. The van der Waals surface area contributed by atoms with E-state index >= 15 is 0 Å². The van der Waals surface area contributed by atoms with Crippen LogP contribution in [0.1, 0.15) is 82.1 Å². The maximum absolute atomic E-state index is 2.74. The number of nitrogens with zero attached hydrogens (tertiary/aromatic N) is 3. The van der Waals surface area contributed by atoms with Crippen molar-refractivity contribution in [2.45, 2.75) is 76.5 Å². The van der Waals surface area contributed by atoms with Crippen molar-refractivity contribution in [2.24, 2.45) is 11.3 Å². The van der Waals surface area contributed by atoms with Crippen molar-refractivity contribution in [1.82, 2.24) is 4.90 Å². The minimum absolute atomic E-state index is 0.787. The molecule has 5 fully saturated rings. The standard InChI is InChI=1S/C27H41N3/c1-2-14-29(15-3-1)24-6-7-26(30-18-16-28(17-19-30)21-22-4-5-22)25(20-24)23-8-10-27(11-9-23)12-13-27/h6-7,20,22-23H,1-5,8-19,21H2. The van der Waals surface area contributed by atoms with Crippen molar-refractivity contribution in [3.8, 4) is 0 Å². The first-order valence-corrected chi connectivity index (χ1v) is 13.1. The average molecular weight is 408 g/mol. The number of benzene rings is 1. The van der Waals surface area contributed by atoms with Crippen LogP contribution in [-0.4, -0.2) is 50.7 Å². The van der Waals surface area contributed by atoms with Crippen LogP contribution in [0.25, 0.3) is 0 Å². The number of hydrogen-bond donors (Lipinski definition) is 0. The van der Waals surface area contributed by atoms with E-state index in [0.717, 1.165) is 17.3 Å². The highest BCUT2D eigenvalue weighted by Gasteiger charge is 2.45. The van der Waals surface area contributed by atoms with Crippen molar-refractivity contribution >= 4 is 11.4 Å². The molecular formula is C27H41N3. The largest absolute Gasteiger partial charge is 0.372 e. The fraction of sp³-hybridized carbons (Fsp3) is 0.778. The molecule has 0 N–H and O–H groups in total. The third-order valence-corrected chi connectivity index (χ3v) is 9.10. The molecular weight excluding hydrogens is 366 g/mol. The van der Waals surface area contributed by atoms with Crippen molar-refractivity contribution in [1.29, 1.82) is 0 Å². The number of anilines is 2. The molecule has 0 amide bonds. The minimum Gasteiger partial charge on any atom is -0.372 e. The van der Waals surface area contributed by atoms with Gasteiger partial charge in [0.2, 0.25) is 0 Å². The lowest BCUT2D eigenvalue weighted by atomic mass is 9.76. The number of piperazine rings is 1. The molecule has 1 spiro atoms. The number of piperidine rings is 1. The Morgan fingerprint density at radius 1 is 0.733 bits per heavy atom. The quantitative estimate of drug-likeness (QED) is 0.625. The van der Waals surface area contributed by atoms with Gasteiger partial charge in [-0.15, -0.1) is 0 Å². The highest BCUT2D eigenvalue weighted by Crippen LogP contribution is 2.59. The van der Waals surface area contributed by atoms with Crippen molar-refractivity contribution < 1.29 is 0 Å². The molecule has 1 aromatic carbocycles. The molecule has 0 aromatic heterocycles. The second-order valence-electron chi connectivity index (χ2n) is 11.3. The van der Waals surface area contributed by atoms with E-state index in [2.05, 4.69) is 32.9 Å². The average Bonchev–Trinajstić information content (AvgIpc) is 3.74. The van der Waals surface area contributed by atoms with Crippen LogP contribution < -0.4 is 9.80 Å². The van der Waals surface area contributed by atoms with Crippen LogP contribution in [0.5, 0.6) is 0 Å². The molecule has 3 aliphatic carbocycles. The molecule has 0 unspecified atom stereocenters. The third kappa shape index (κ3) is 4.11. The Bertz CT molecular complexity index is 726. The summed E-state index contributed by atoms with van der Waals surface area (Å²) in [6.07, 6.45) is 16.0. The van der Waals surface area contributed by atoms with Crippen LogP contribution >= 0.6 is 0 Å². The monoisotopic (exact) mass is 407 g/mol. The summed E-state index contributed by atoms with van der Waals surface area (Å²) in [7, 11) is 0. The maximum Gasteiger partial charge on any atom is 0.0404 e. The molecule has 2 saturated heterocycles. The summed E-state index contributed by atoms with van der Waals surface area (Å²) in [5.74, 6) is 1.81. The fourth-order valence-corrected chi connectivity index (χ4v) is 6.56. The van der Waals surface area contributed by atoms with E-state index in [9.17, 15) is 0 Å². The van der Waals surface area contributed by atoms with Crippen LogP contribution in [0, 0.1) is 11.3 Å². The summed E-state index contributed by atoms with van der Waals surface area (Å²) in [5, 5.41) is 0. The van der Waals surface area contributed by atoms with Crippen LogP contribution in [0.15, 0.2) is 18.2 Å². The SMILES string of the molecule is c1cc(N2CCN(CC3CC3)CC2)c(C2CCC3(CC2)CC3)cc1N1CCCCC1. The molecule has 0 bridgehead atoms. The summed E-state index contributed by atoms with van der Waals surface area (Å²) in [6, 6.07) is 7.59. The van der Waals surface area contributed by atoms with Gasteiger partial charge >= 0.3 is 0 Å². The van der Waals surface area contributed by atoms with Crippen molar-refractivity contribution in [3.63, 3.8) is 0 Å². The van der Waals surface area contributed by atoms with E-state index in [1.165, 1.54) is 122 Å². The van der Waals surface area contributed by atoms with Crippen molar-refractivity contribution in [2.75, 3.05) is 55.6 Å². The molecule has 5 aliphatic rings. The van der Waals surface area contributed by atoms with Gasteiger partial charge in [0.05, 0.1) is 0 Å². The molecule has 30 heavy (non-hydrogen) atoms. The fourth-order valence-electron chi connectivity index (χ4n) is 6.56. The van der Waals surface area contributed by atoms with E-state index < -0.39 is 0 Å². The molecule has 1 aromatic rings. The first-order valence-electron chi connectivity index (χ1n) is 13.1. The molecule has 3 saturated carbocycles. The van der Waals surface area contributed by atoms with Gasteiger partial charge < -0.3 is 9.80 Å². The first kappa shape index (κ1) is 19.5. The zero-order valence-corrected chi connectivity index (χ0v) is 19.0. The molecule has 3 heteroatoms. The summed E-state index contributed by atoms with van der Waals surface area (Å²) < 4.78 is 0. The van der Waals surface area contributed by atoms with Gasteiger partial charge in [0.25, 0.3) is 0 Å². The van der Waals surface area contributed by atoms with Crippen molar-refractivity contribution in [3.05, 3.63) is 23.8 Å². The van der Waals surface area contributed by atoms with E-state index in [4.69, 9.17) is 0 Å². The second kappa shape index (κ2) is 8.04. The molecule has 164 valence electrons. The Kier molecular flexibility index (Phi) is 5.22. The zero-order valence-electron chi connectivity index (χ0n) is 19.0. The first-order chi connectivity index (χ1) is 14.8. The van der Waals surface area contributed by atoms with Crippen LogP contribution in [0.4, 0.5) is 11.4 Å². The molecule has 6 rings (SSSR count). The Balaban J connectivity index is 1.22. The van der Waals surface area contributed by atoms with Crippen LogP contribution in [0.3, 0.4) is 0 Å². The summed E-state index contributed by atoms with van der Waals surface area (Å²) in [6.45, 7) is 8.84. The van der Waals surface area contributed by atoms with E-state index in [1.54, 1.807) is 11.3 Å². The zero-order chi connectivity index (χ0) is 20.0. The summed E-state index contributed by atoms with van der Waals surface area (Å²) in [5.41, 5.74) is 5.57. The van der Waals surface area contributed by atoms with Crippen LogP contribution in [0.2, 0.25) is 0 Å². The highest BCUT2D eigenvalue weighted by molar-refractivity contribution is 5.63. The van der Waals surface area contributed by atoms with Gasteiger partial charge in [0.15, 0.2) is 0 Å². The normalized spacial score (nSPS) is 27.6. The lowest BCUT2D eigenvalue weighted by Crippen LogP contribution is -2.47. The second-order valence-corrected chi connectivity index (χ2v) is 11.3. The smallest absolute Gasteiger partial charge is 0.0404 e. The minimum atomic E-state index is 0.787. The van der Waals surface area contributed by atoms with Gasteiger partial charge in [-0.2, -0.15) is 0 Å². The number of hydrogen-bond acceptors (Lipinski definition) is 3. The van der Waals surface area contributed by atoms with Gasteiger partial charge in [-0.05, 0) is 112 Å². The molecule has 0 radical (unpaired) electrons. The maximum atomic E-state index is 2.74. The molecule has 2 aliphatic heterocycles. The molecule has 0 atom stereocenters. The Morgan fingerprint density at radius 2 is 1.47 bits per heavy atom. The number of rotatable bonds is 5. The van der Waals surface area contributed by atoms with Gasteiger partial charge in [-0.1, -0.05) is 0 Å². The Hall–Kier alpha value is -1.22. The van der Waals surface area contributed by atoms with E-state index in [1.807, 2.05) is 0 Å². The highest BCUT2D eigenvalue weighted by atomic mass is 15.3. The van der Waals surface area contributed by atoms with Gasteiger partial charge in [-0.3, -0.25) is 4.90 Å². The summed E-state index contributed by atoms with van der Waals surface area (Å²) >= 11 is 0. The van der Waals surface area contributed by atoms with Gasteiger partial charge in [0, 0.05) is 57.2 Å². The Labute approximate surface area is 183 Å². The van der Waals surface area contributed by atoms with E-state index in [0.29, 0.717) is 0 Å². The van der Waals surface area contributed by atoms with Gasteiger partial charge in [-0.25, -0.2) is 0 Å². The predicted octanol–water partition coefficient (Wildman–Crippen LogP) is 5.65. The Morgan fingerprint density at radius 3 is 2.13 bits per heavy atom. The molecule has 2 heterocycles. The third-order valence-electron chi connectivity index (χ3n) is 9.10. The van der Waals surface area contributed by atoms with E-state index in [-0.39, 0.29) is 0 Å².